The molecule has 1 N–H and O–H groups in total. The van der Waals surface area contributed by atoms with Crippen LogP contribution in [0.3, 0.4) is 0 Å². The molecule has 0 spiro atoms. The molecule has 0 aliphatic heterocycles. The first-order chi connectivity index (χ1) is 8.19. The molecule has 2 rings (SSSR count). The zero-order chi connectivity index (χ0) is 12.4. The van der Waals surface area contributed by atoms with Crippen LogP contribution in [0.15, 0.2) is 6.20 Å². The van der Waals surface area contributed by atoms with Gasteiger partial charge in [-0.3, -0.25) is 5.10 Å². The third kappa shape index (κ3) is 1.82. The topological polar surface area (TPSA) is 77.1 Å². The van der Waals surface area contributed by atoms with Crippen LogP contribution >= 0.6 is 0 Å². The summed E-state index contributed by atoms with van der Waals surface area (Å²) < 4.78 is 10.2. The fraction of sp³-hybridized carbons (Fsp3) is 0.364. The average Bonchev–Trinajstić information content (AvgIpc) is 2.76. The number of H-pyrrole nitrogens is 1. The minimum atomic E-state index is -0.459. The predicted octanol–water partition coefficient (Wildman–Crippen LogP) is 1.45. The third-order valence-electron chi connectivity index (χ3n) is 2.46. The molecule has 90 valence electrons. The highest BCUT2D eigenvalue weighted by molar-refractivity contribution is 5.95. The molecule has 17 heavy (non-hydrogen) atoms. The first kappa shape index (κ1) is 11.4. The lowest BCUT2D eigenvalue weighted by atomic mass is 10.1. The molecule has 0 aliphatic carbocycles. The second-order valence-electron chi connectivity index (χ2n) is 3.47. The molecule has 0 saturated heterocycles. The van der Waals surface area contributed by atoms with Gasteiger partial charge in [0.25, 0.3) is 0 Å². The molecule has 0 atom stereocenters. The zero-order valence-electron chi connectivity index (χ0n) is 9.90. The Morgan fingerprint density at radius 3 is 2.94 bits per heavy atom. The van der Waals surface area contributed by atoms with Crippen LogP contribution in [-0.4, -0.2) is 34.9 Å². The van der Waals surface area contributed by atoms with Crippen molar-refractivity contribution in [1.29, 1.82) is 0 Å². The molecular formula is C11H13N3O3. The zero-order valence-corrected chi connectivity index (χ0v) is 9.90. The summed E-state index contributed by atoms with van der Waals surface area (Å²) in [6, 6.07) is 0. The summed E-state index contributed by atoms with van der Waals surface area (Å²) in [6.07, 6.45) is 1.61. The van der Waals surface area contributed by atoms with E-state index >= 15 is 0 Å². The van der Waals surface area contributed by atoms with Crippen LogP contribution in [0.5, 0.6) is 5.75 Å². The molecular weight excluding hydrogens is 222 g/mol. The van der Waals surface area contributed by atoms with Crippen molar-refractivity contribution in [1.82, 2.24) is 15.2 Å². The van der Waals surface area contributed by atoms with Gasteiger partial charge in [0.15, 0.2) is 11.3 Å². The maximum Gasteiger partial charge on any atom is 0.357 e. The van der Waals surface area contributed by atoms with Crippen LogP contribution in [0.4, 0.5) is 0 Å². The summed E-state index contributed by atoms with van der Waals surface area (Å²) >= 11 is 0. The van der Waals surface area contributed by atoms with Gasteiger partial charge in [0.05, 0.1) is 25.3 Å². The Morgan fingerprint density at radius 2 is 2.29 bits per heavy atom. The molecule has 2 heterocycles. The number of ether oxygens (including phenoxy) is 2. The number of esters is 1. The van der Waals surface area contributed by atoms with Crippen LogP contribution in [0, 0.1) is 6.92 Å². The van der Waals surface area contributed by atoms with Crippen molar-refractivity contribution in [3.8, 4) is 5.75 Å². The summed E-state index contributed by atoms with van der Waals surface area (Å²) in [5, 5.41) is 7.34. The van der Waals surface area contributed by atoms with E-state index in [2.05, 4.69) is 15.2 Å². The predicted molar refractivity (Wildman–Crippen MR) is 61.1 cm³/mol. The van der Waals surface area contributed by atoms with Crippen molar-refractivity contribution in [3.05, 3.63) is 17.5 Å². The quantitative estimate of drug-likeness (QED) is 0.815. The lowest BCUT2D eigenvalue weighted by Gasteiger charge is -2.09. The molecule has 2 aromatic rings. The Labute approximate surface area is 97.9 Å². The molecule has 0 aliphatic rings. The number of carbonyl (C=O) groups is 1. The van der Waals surface area contributed by atoms with Crippen LogP contribution in [0.1, 0.15) is 23.0 Å². The average molecular weight is 235 g/mol. The number of methoxy groups -OCH3 is 1. The van der Waals surface area contributed by atoms with Gasteiger partial charge in [-0.15, -0.1) is 0 Å². The highest BCUT2D eigenvalue weighted by atomic mass is 16.5. The number of nitrogens with zero attached hydrogens (tertiary/aromatic N) is 2. The summed E-state index contributed by atoms with van der Waals surface area (Å²) in [4.78, 5) is 15.9. The van der Waals surface area contributed by atoms with Gasteiger partial charge in [-0.2, -0.15) is 5.10 Å². The second kappa shape index (κ2) is 4.40. The Morgan fingerprint density at radius 1 is 1.53 bits per heavy atom. The van der Waals surface area contributed by atoms with Crippen LogP contribution in [0.2, 0.25) is 0 Å². The SMILES string of the molecule is CCOC(=O)c1nc2[nH]ncc2c(OC)c1C. The fourth-order valence-corrected chi connectivity index (χ4v) is 1.70. The number of fused-ring (bicyclic) bond motifs is 1. The van der Waals surface area contributed by atoms with Crippen LogP contribution in [0.25, 0.3) is 11.0 Å². The van der Waals surface area contributed by atoms with Gasteiger partial charge in [-0.05, 0) is 13.8 Å². The van der Waals surface area contributed by atoms with E-state index < -0.39 is 5.97 Å². The molecule has 0 saturated carbocycles. The number of carbonyl (C=O) groups excluding carboxylic acids is 1. The van der Waals surface area contributed by atoms with Crippen LogP contribution < -0.4 is 4.74 Å². The molecule has 0 bridgehead atoms. The fourth-order valence-electron chi connectivity index (χ4n) is 1.70. The molecule has 0 aromatic carbocycles. The Kier molecular flexibility index (Phi) is 2.95. The number of nitrogens with one attached hydrogen (secondary N) is 1. The number of hydrogen-bond acceptors (Lipinski definition) is 5. The van der Waals surface area contributed by atoms with E-state index in [-0.39, 0.29) is 5.69 Å². The van der Waals surface area contributed by atoms with E-state index in [1.54, 1.807) is 27.2 Å². The highest BCUT2D eigenvalue weighted by Crippen LogP contribution is 2.29. The third-order valence-corrected chi connectivity index (χ3v) is 2.46. The van der Waals surface area contributed by atoms with Crippen molar-refractivity contribution in [2.75, 3.05) is 13.7 Å². The van der Waals surface area contributed by atoms with E-state index in [0.717, 1.165) is 5.39 Å². The molecule has 0 amide bonds. The lowest BCUT2D eigenvalue weighted by molar-refractivity contribution is 0.0518. The van der Waals surface area contributed by atoms with Gasteiger partial charge < -0.3 is 9.47 Å². The number of rotatable bonds is 3. The Balaban J connectivity index is 2.63. The van der Waals surface area contributed by atoms with E-state index in [0.29, 0.717) is 23.6 Å². The van der Waals surface area contributed by atoms with Gasteiger partial charge in [-0.1, -0.05) is 0 Å². The number of pyridine rings is 1. The van der Waals surface area contributed by atoms with Crippen molar-refractivity contribution < 1.29 is 14.3 Å². The normalized spacial score (nSPS) is 10.5. The number of aromatic amines is 1. The maximum absolute atomic E-state index is 11.7. The van der Waals surface area contributed by atoms with Gasteiger partial charge in [-0.25, -0.2) is 9.78 Å². The van der Waals surface area contributed by atoms with Crippen LogP contribution in [-0.2, 0) is 4.74 Å². The monoisotopic (exact) mass is 235 g/mol. The standard InChI is InChI=1S/C11H13N3O3/c1-4-17-11(15)8-6(2)9(16-3)7-5-12-14-10(7)13-8/h5H,4H2,1-3H3,(H,12,13,14). The van der Waals surface area contributed by atoms with Crippen molar-refractivity contribution >= 4 is 17.0 Å². The number of hydrogen-bond donors (Lipinski definition) is 1. The largest absolute Gasteiger partial charge is 0.496 e. The smallest absolute Gasteiger partial charge is 0.357 e. The maximum atomic E-state index is 11.7. The summed E-state index contributed by atoms with van der Waals surface area (Å²) in [6.45, 7) is 3.83. The summed E-state index contributed by atoms with van der Waals surface area (Å²) in [5.41, 5.74) is 1.41. The van der Waals surface area contributed by atoms with Gasteiger partial charge in [0.2, 0.25) is 0 Å². The molecule has 2 aromatic heterocycles. The molecule has 6 heteroatoms. The minimum absolute atomic E-state index is 0.250. The van der Waals surface area contributed by atoms with Crippen molar-refractivity contribution in [2.45, 2.75) is 13.8 Å². The highest BCUT2D eigenvalue weighted by Gasteiger charge is 2.19. The minimum Gasteiger partial charge on any atom is -0.496 e. The van der Waals surface area contributed by atoms with E-state index in [4.69, 9.17) is 9.47 Å². The van der Waals surface area contributed by atoms with E-state index in [1.165, 1.54) is 0 Å². The Hall–Kier alpha value is -2.11. The first-order valence-electron chi connectivity index (χ1n) is 5.23. The van der Waals surface area contributed by atoms with Gasteiger partial charge in [0.1, 0.15) is 5.75 Å². The van der Waals surface area contributed by atoms with E-state index in [9.17, 15) is 4.79 Å². The van der Waals surface area contributed by atoms with Crippen molar-refractivity contribution in [3.63, 3.8) is 0 Å². The number of aromatic nitrogens is 3. The molecule has 0 radical (unpaired) electrons. The molecule has 0 unspecified atom stereocenters. The second-order valence-corrected chi connectivity index (χ2v) is 3.47. The molecule has 0 fully saturated rings. The van der Waals surface area contributed by atoms with Crippen molar-refractivity contribution in [2.24, 2.45) is 0 Å². The summed E-state index contributed by atoms with van der Waals surface area (Å²) in [5.74, 6) is 0.131. The molecule has 6 nitrogen and oxygen atoms in total. The van der Waals surface area contributed by atoms with E-state index in [1.807, 2.05) is 0 Å². The Bertz CT molecular complexity index is 562. The van der Waals surface area contributed by atoms with Gasteiger partial charge >= 0.3 is 5.97 Å². The van der Waals surface area contributed by atoms with Gasteiger partial charge in [0, 0.05) is 5.56 Å². The summed E-state index contributed by atoms with van der Waals surface area (Å²) in [7, 11) is 1.55. The lowest BCUT2D eigenvalue weighted by Crippen LogP contribution is -2.10. The first-order valence-corrected chi connectivity index (χ1v) is 5.23.